The van der Waals surface area contributed by atoms with Crippen molar-refractivity contribution in [1.82, 2.24) is 10.3 Å². The average Bonchev–Trinajstić information content (AvgIpc) is 2.86. The Kier molecular flexibility index (Phi) is 4.06. The van der Waals surface area contributed by atoms with Crippen LogP contribution in [0.25, 0.3) is 0 Å². The van der Waals surface area contributed by atoms with Gasteiger partial charge in [-0.3, -0.25) is 4.98 Å². The van der Waals surface area contributed by atoms with Gasteiger partial charge in [-0.15, -0.1) is 0 Å². The predicted octanol–water partition coefficient (Wildman–Crippen LogP) is 2.70. The molecule has 2 heterocycles. The van der Waals surface area contributed by atoms with E-state index in [9.17, 15) is 0 Å². The second-order valence-electron chi connectivity index (χ2n) is 5.37. The quantitative estimate of drug-likeness (QED) is 0.917. The molecular weight excluding hydrogens is 264 g/mol. The highest BCUT2D eigenvalue weighted by Gasteiger charge is 2.21. The van der Waals surface area contributed by atoms with Gasteiger partial charge in [-0.2, -0.15) is 0 Å². The van der Waals surface area contributed by atoms with Gasteiger partial charge >= 0.3 is 0 Å². The SMILES string of the molecule is COc1cc2c(cc1CNCc1cccnc1)O[C@H](C)C2. The first kappa shape index (κ1) is 13.9. The van der Waals surface area contributed by atoms with E-state index in [-0.39, 0.29) is 6.10 Å². The molecule has 110 valence electrons. The van der Waals surface area contributed by atoms with Crippen LogP contribution < -0.4 is 14.8 Å². The number of pyridine rings is 1. The van der Waals surface area contributed by atoms with Crippen LogP contribution in [-0.4, -0.2) is 18.2 Å². The number of fused-ring (bicyclic) bond motifs is 1. The van der Waals surface area contributed by atoms with E-state index in [2.05, 4.69) is 35.4 Å². The summed E-state index contributed by atoms with van der Waals surface area (Å²) in [7, 11) is 1.71. The summed E-state index contributed by atoms with van der Waals surface area (Å²) in [6.07, 6.45) is 4.86. The number of nitrogens with zero attached hydrogens (tertiary/aromatic N) is 1. The molecule has 0 unspecified atom stereocenters. The Labute approximate surface area is 125 Å². The van der Waals surface area contributed by atoms with Crippen molar-refractivity contribution in [2.45, 2.75) is 32.5 Å². The number of rotatable bonds is 5. The Morgan fingerprint density at radius 3 is 3.05 bits per heavy atom. The molecule has 0 bridgehead atoms. The highest BCUT2D eigenvalue weighted by molar-refractivity contribution is 5.48. The van der Waals surface area contributed by atoms with Gasteiger partial charge < -0.3 is 14.8 Å². The molecule has 1 aromatic heterocycles. The van der Waals surface area contributed by atoms with E-state index in [1.54, 1.807) is 13.3 Å². The fourth-order valence-corrected chi connectivity index (χ4v) is 2.65. The van der Waals surface area contributed by atoms with Crippen LogP contribution in [0.2, 0.25) is 0 Å². The third-order valence-corrected chi connectivity index (χ3v) is 3.67. The molecule has 3 rings (SSSR count). The minimum atomic E-state index is 0.253. The number of ether oxygens (including phenoxy) is 2. The van der Waals surface area contributed by atoms with Gasteiger partial charge in [-0.05, 0) is 30.7 Å². The Morgan fingerprint density at radius 1 is 1.38 bits per heavy atom. The van der Waals surface area contributed by atoms with E-state index in [0.717, 1.165) is 36.6 Å². The van der Waals surface area contributed by atoms with Gasteiger partial charge in [0, 0.05) is 43.0 Å². The summed E-state index contributed by atoms with van der Waals surface area (Å²) in [6, 6.07) is 8.20. The van der Waals surface area contributed by atoms with E-state index in [1.807, 2.05) is 12.3 Å². The third kappa shape index (κ3) is 3.16. The van der Waals surface area contributed by atoms with Crippen LogP contribution in [0.1, 0.15) is 23.6 Å². The standard InChI is InChI=1S/C17H20N2O2/c1-12-6-14-7-16(20-2)15(8-17(14)21-12)11-19-10-13-4-3-5-18-9-13/h3-5,7-9,12,19H,6,10-11H2,1-2H3/t12-/m1/s1. The van der Waals surface area contributed by atoms with Gasteiger partial charge in [0.15, 0.2) is 0 Å². The second-order valence-corrected chi connectivity index (χ2v) is 5.37. The number of hydrogen-bond donors (Lipinski definition) is 1. The van der Waals surface area contributed by atoms with Crippen molar-refractivity contribution in [3.63, 3.8) is 0 Å². The molecule has 1 aliphatic heterocycles. The molecule has 0 radical (unpaired) electrons. The van der Waals surface area contributed by atoms with E-state index in [0.29, 0.717) is 0 Å². The van der Waals surface area contributed by atoms with Crippen molar-refractivity contribution >= 4 is 0 Å². The largest absolute Gasteiger partial charge is 0.496 e. The third-order valence-electron chi connectivity index (χ3n) is 3.67. The van der Waals surface area contributed by atoms with Crippen LogP contribution in [0.15, 0.2) is 36.7 Å². The molecule has 21 heavy (non-hydrogen) atoms. The van der Waals surface area contributed by atoms with E-state index < -0.39 is 0 Å². The molecule has 1 aromatic carbocycles. The summed E-state index contributed by atoms with van der Waals surface area (Å²) in [6.45, 7) is 3.61. The molecule has 0 spiro atoms. The van der Waals surface area contributed by atoms with Crippen LogP contribution >= 0.6 is 0 Å². The highest BCUT2D eigenvalue weighted by Crippen LogP contribution is 2.34. The lowest BCUT2D eigenvalue weighted by Crippen LogP contribution is -2.13. The molecule has 1 atom stereocenters. The second kappa shape index (κ2) is 6.14. The van der Waals surface area contributed by atoms with Crippen molar-refractivity contribution in [3.8, 4) is 11.5 Å². The summed E-state index contributed by atoms with van der Waals surface area (Å²) in [5.41, 5.74) is 3.52. The number of methoxy groups -OCH3 is 1. The van der Waals surface area contributed by atoms with Crippen LogP contribution in [0.3, 0.4) is 0 Å². The number of aromatic nitrogens is 1. The molecule has 0 aliphatic carbocycles. The molecule has 0 saturated carbocycles. The van der Waals surface area contributed by atoms with Crippen molar-refractivity contribution in [2.75, 3.05) is 7.11 Å². The van der Waals surface area contributed by atoms with Crippen LogP contribution in [0.5, 0.6) is 11.5 Å². The highest BCUT2D eigenvalue weighted by atomic mass is 16.5. The van der Waals surface area contributed by atoms with Crippen molar-refractivity contribution in [3.05, 3.63) is 53.3 Å². The summed E-state index contributed by atoms with van der Waals surface area (Å²) < 4.78 is 11.3. The normalized spacial score (nSPS) is 16.4. The van der Waals surface area contributed by atoms with Crippen LogP contribution in [0.4, 0.5) is 0 Å². The Bertz CT molecular complexity index is 614. The molecular formula is C17H20N2O2. The zero-order chi connectivity index (χ0) is 14.7. The zero-order valence-corrected chi connectivity index (χ0v) is 12.4. The van der Waals surface area contributed by atoms with Gasteiger partial charge in [0.05, 0.1) is 7.11 Å². The lowest BCUT2D eigenvalue weighted by molar-refractivity contribution is 0.254. The molecule has 0 amide bonds. The summed E-state index contributed by atoms with van der Waals surface area (Å²) in [4.78, 5) is 4.11. The number of hydrogen-bond acceptors (Lipinski definition) is 4. The minimum Gasteiger partial charge on any atom is -0.496 e. The molecule has 1 aliphatic rings. The molecule has 4 heteroatoms. The zero-order valence-electron chi connectivity index (χ0n) is 12.4. The summed E-state index contributed by atoms with van der Waals surface area (Å²) >= 11 is 0. The van der Waals surface area contributed by atoms with Crippen molar-refractivity contribution in [1.29, 1.82) is 0 Å². The predicted molar refractivity (Wildman–Crippen MR) is 81.6 cm³/mol. The summed E-state index contributed by atoms with van der Waals surface area (Å²) in [5, 5.41) is 3.42. The topological polar surface area (TPSA) is 43.4 Å². The lowest BCUT2D eigenvalue weighted by Gasteiger charge is -2.12. The molecule has 1 N–H and O–H groups in total. The fraction of sp³-hybridized carbons (Fsp3) is 0.353. The maximum atomic E-state index is 5.82. The van der Waals surface area contributed by atoms with Crippen molar-refractivity contribution < 1.29 is 9.47 Å². The van der Waals surface area contributed by atoms with Crippen LogP contribution in [0, 0.1) is 0 Å². The van der Waals surface area contributed by atoms with E-state index in [1.165, 1.54) is 11.1 Å². The van der Waals surface area contributed by atoms with Crippen LogP contribution in [-0.2, 0) is 19.5 Å². The number of benzene rings is 1. The molecule has 0 saturated heterocycles. The minimum absolute atomic E-state index is 0.253. The maximum absolute atomic E-state index is 5.82. The van der Waals surface area contributed by atoms with Crippen molar-refractivity contribution in [2.24, 2.45) is 0 Å². The molecule has 4 nitrogen and oxygen atoms in total. The smallest absolute Gasteiger partial charge is 0.123 e. The Morgan fingerprint density at radius 2 is 2.29 bits per heavy atom. The van der Waals surface area contributed by atoms with Gasteiger partial charge in [0.1, 0.15) is 17.6 Å². The lowest BCUT2D eigenvalue weighted by atomic mass is 10.1. The van der Waals surface area contributed by atoms with Gasteiger partial charge in [-0.25, -0.2) is 0 Å². The molecule has 2 aromatic rings. The Hall–Kier alpha value is -2.07. The first-order chi connectivity index (χ1) is 10.3. The van der Waals surface area contributed by atoms with E-state index in [4.69, 9.17) is 9.47 Å². The monoisotopic (exact) mass is 284 g/mol. The average molecular weight is 284 g/mol. The Balaban J connectivity index is 1.69. The fourth-order valence-electron chi connectivity index (χ4n) is 2.65. The maximum Gasteiger partial charge on any atom is 0.123 e. The summed E-state index contributed by atoms with van der Waals surface area (Å²) in [5.74, 6) is 1.91. The first-order valence-electron chi connectivity index (χ1n) is 7.22. The first-order valence-corrected chi connectivity index (χ1v) is 7.22. The molecule has 0 fully saturated rings. The van der Waals surface area contributed by atoms with Gasteiger partial charge in [-0.1, -0.05) is 6.07 Å². The van der Waals surface area contributed by atoms with Gasteiger partial charge in [0.25, 0.3) is 0 Å². The van der Waals surface area contributed by atoms with Gasteiger partial charge in [0.2, 0.25) is 0 Å². The van der Waals surface area contributed by atoms with E-state index >= 15 is 0 Å². The number of nitrogens with one attached hydrogen (secondary N) is 1.